The molecule has 0 radical (unpaired) electrons. The quantitative estimate of drug-likeness (QED) is 0.586. The summed E-state index contributed by atoms with van der Waals surface area (Å²) in [6.45, 7) is 6.00. The number of unbranched alkanes of at least 4 members (excludes halogenated alkanes) is 3. The highest BCUT2D eigenvalue weighted by atomic mass is 16.5. The highest BCUT2D eigenvalue weighted by molar-refractivity contribution is 5.41. The van der Waals surface area contributed by atoms with Gasteiger partial charge in [-0.05, 0) is 43.7 Å². The molecule has 0 saturated carbocycles. The van der Waals surface area contributed by atoms with E-state index in [0.29, 0.717) is 0 Å². The van der Waals surface area contributed by atoms with Crippen LogP contribution in [-0.2, 0) is 4.74 Å². The van der Waals surface area contributed by atoms with Crippen molar-refractivity contribution in [3.8, 4) is 5.75 Å². The maximum atomic E-state index is 5.68. The van der Waals surface area contributed by atoms with Gasteiger partial charge in [-0.25, -0.2) is 0 Å². The number of morpholine rings is 1. The number of benzene rings is 1. The number of ether oxygens (including phenoxy) is 2. The number of hydrogen-bond donors (Lipinski definition) is 1. The lowest BCUT2D eigenvalue weighted by Crippen LogP contribution is -2.36. The number of anilines is 1. The zero-order valence-corrected chi connectivity index (χ0v) is 12.2. The molecule has 2 rings (SSSR count). The molecule has 1 saturated heterocycles. The Hall–Kier alpha value is -1.26. The topological polar surface area (TPSA) is 47.7 Å². The second-order valence-corrected chi connectivity index (χ2v) is 5.29. The lowest BCUT2D eigenvalue weighted by Gasteiger charge is -2.26. The average Bonchev–Trinajstić information content (AvgIpc) is 2.49. The highest BCUT2D eigenvalue weighted by Crippen LogP contribution is 2.13. The van der Waals surface area contributed by atoms with Crippen LogP contribution in [0.3, 0.4) is 0 Å². The molecule has 1 aromatic carbocycles. The van der Waals surface area contributed by atoms with Gasteiger partial charge in [0.25, 0.3) is 0 Å². The van der Waals surface area contributed by atoms with Crippen molar-refractivity contribution in [3.63, 3.8) is 0 Å². The molecule has 0 aliphatic carbocycles. The monoisotopic (exact) mass is 278 g/mol. The summed E-state index contributed by atoms with van der Waals surface area (Å²) in [6, 6.07) is 7.59. The molecule has 1 aliphatic rings. The highest BCUT2D eigenvalue weighted by Gasteiger charge is 2.08. The van der Waals surface area contributed by atoms with Gasteiger partial charge in [0, 0.05) is 18.8 Å². The predicted octanol–water partition coefficient (Wildman–Crippen LogP) is 2.54. The van der Waals surface area contributed by atoms with Gasteiger partial charge in [0.2, 0.25) is 0 Å². The maximum absolute atomic E-state index is 5.68. The second-order valence-electron chi connectivity index (χ2n) is 5.29. The summed E-state index contributed by atoms with van der Waals surface area (Å²) in [5, 5.41) is 0. The van der Waals surface area contributed by atoms with Gasteiger partial charge in [-0.1, -0.05) is 12.8 Å². The Bertz CT molecular complexity index is 361. The summed E-state index contributed by atoms with van der Waals surface area (Å²) >= 11 is 0. The molecule has 1 fully saturated rings. The van der Waals surface area contributed by atoms with Crippen molar-refractivity contribution in [2.75, 3.05) is 45.2 Å². The minimum atomic E-state index is 0.778. The predicted molar refractivity (Wildman–Crippen MR) is 82.1 cm³/mol. The molecule has 0 spiro atoms. The SMILES string of the molecule is Nc1ccc(OCCCCCCN2CCOCC2)cc1. The van der Waals surface area contributed by atoms with Crippen LogP contribution in [0.25, 0.3) is 0 Å². The van der Waals surface area contributed by atoms with Crippen LogP contribution in [0.4, 0.5) is 5.69 Å². The van der Waals surface area contributed by atoms with Gasteiger partial charge in [-0.3, -0.25) is 4.90 Å². The Balaban J connectivity index is 1.44. The number of hydrogen-bond acceptors (Lipinski definition) is 4. The number of rotatable bonds is 8. The van der Waals surface area contributed by atoms with Crippen LogP contribution >= 0.6 is 0 Å². The molecular weight excluding hydrogens is 252 g/mol. The largest absolute Gasteiger partial charge is 0.494 e. The van der Waals surface area contributed by atoms with E-state index in [4.69, 9.17) is 15.2 Å². The van der Waals surface area contributed by atoms with Gasteiger partial charge in [-0.2, -0.15) is 0 Å². The molecule has 0 bridgehead atoms. The fraction of sp³-hybridized carbons (Fsp3) is 0.625. The first-order valence-electron chi connectivity index (χ1n) is 7.63. The van der Waals surface area contributed by atoms with Crippen LogP contribution in [0.1, 0.15) is 25.7 Å². The Morgan fingerprint density at radius 2 is 1.70 bits per heavy atom. The minimum absolute atomic E-state index is 0.778. The van der Waals surface area contributed by atoms with Gasteiger partial charge in [0.05, 0.1) is 19.8 Å². The van der Waals surface area contributed by atoms with Gasteiger partial charge < -0.3 is 15.2 Å². The molecule has 0 atom stereocenters. The lowest BCUT2D eigenvalue weighted by atomic mass is 10.2. The summed E-state index contributed by atoms with van der Waals surface area (Å²) in [6.07, 6.45) is 4.91. The van der Waals surface area contributed by atoms with Crippen molar-refractivity contribution in [1.82, 2.24) is 4.90 Å². The summed E-state index contributed by atoms with van der Waals surface area (Å²) in [5.74, 6) is 0.910. The number of nitrogens with zero attached hydrogens (tertiary/aromatic N) is 1. The number of nitrogen functional groups attached to an aromatic ring is 1. The van der Waals surface area contributed by atoms with Crippen LogP contribution in [-0.4, -0.2) is 44.4 Å². The van der Waals surface area contributed by atoms with E-state index < -0.39 is 0 Å². The molecular formula is C16H26N2O2. The van der Waals surface area contributed by atoms with E-state index in [2.05, 4.69) is 4.90 Å². The van der Waals surface area contributed by atoms with Gasteiger partial charge >= 0.3 is 0 Å². The first kappa shape index (κ1) is 15.1. The minimum Gasteiger partial charge on any atom is -0.494 e. The molecule has 4 nitrogen and oxygen atoms in total. The smallest absolute Gasteiger partial charge is 0.119 e. The first-order chi connectivity index (χ1) is 9.84. The molecule has 0 aromatic heterocycles. The molecule has 0 amide bonds. The van der Waals surface area contributed by atoms with E-state index in [1.165, 1.54) is 25.8 Å². The molecule has 0 unspecified atom stereocenters. The third-order valence-electron chi connectivity index (χ3n) is 3.62. The molecule has 1 heterocycles. The fourth-order valence-electron chi connectivity index (χ4n) is 2.37. The zero-order valence-electron chi connectivity index (χ0n) is 12.2. The zero-order chi connectivity index (χ0) is 14.0. The maximum Gasteiger partial charge on any atom is 0.119 e. The van der Waals surface area contributed by atoms with E-state index in [1.54, 1.807) is 0 Å². The fourth-order valence-corrected chi connectivity index (χ4v) is 2.37. The third-order valence-corrected chi connectivity index (χ3v) is 3.62. The third kappa shape index (κ3) is 5.80. The van der Waals surface area contributed by atoms with E-state index in [9.17, 15) is 0 Å². The normalized spacial score (nSPS) is 16.2. The Morgan fingerprint density at radius 3 is 2.45 bits per heavy atom. The van der Waals surface area contributed by atoms with Gasteiger partial charge in [-0.15, -0.1) is 0 Å². The van der Waals surface area contributed by atoms with Crippen molar-refractivity contribution in [2.24, 2.45) is 0 Å². The standard InChI is InChI=1S/C16H26N2O2/c17-15-5-7-16(8-6-15)20-12-4-2-1-3-9-18-10-13-19-14-11-18/h5-8H,1-4,9-14,17H2. The Labute approximate surface area is 121 Å². The van der Waals surface area contributed by atoms with Crippen LogP contribution in [0.5, 0.6) is 5.75 Å². The average molecular weight is 278 g/mol. The summed E-state index contributed by atoms with van der Waals surface area (Å²) in [4.78, 5) is 2.49. The van der Waals surface area contributed by atoms with E-state index in [0.717, 1.165) is 50.8 Å². The van der Waals surface area contributed by atoms with Crippen molar-refractivity contribution in [1.29, 1.82) is 0 Å². The van der Waals surface area contributed by atoms with Crippen molar-refractivity contribution in [2.45, 2.75) is 25.7 Å². The van der Waals surface area contributed by atoms with Crippen LogP contribution in [0, 0.1) is 0 Å². The Kier molecular flexibility index (Phi) is 6.68. The lowest BCUT2D eigenvalue weighted by molar-refractivity contribution is 0.0371. The van der Waals surface area contributed by atoms with E-state index >= 15 is 0 Å². The second kappa shape index (κ2) is 8.82. The van der Waals surface area contributed by atoms with Crippen molar-refractivity contribution >= 4 is 5.69 Å². The molecule has 20 heavy (non-hydrogen) atoms. The molecule has 2 N–H and O–H groups in total. The van der Waals surface area contributed by atoms with Crippen molar-refractivity contribution < 1.29 is 9.47 Å². The molecule has 1 aromatic rings. The summed E-state index contributed by atoms with van der Waals surface area (Å²) in [5.41, 5.74) is 6.41. The van der Waals surface area contributed by atoms with Crippen LogP contribution in [0.15, 0.2) is 24.3 Å². The van der Waals surface area contributed by atoms with Crippen LogP contribution < -0.4 is 10.5 Å². The first-order valence-corrected chi connectivity index (χ1v) is 7.63. The van der Waals surface area contributed by atoms with Gasteiger partial charge in [0.15, 0.2) is 0 Å². The summed E-state index contributed by atoms with van der Waals surface area (Å²) < 4.78 is 11.0. The van der Waals surface area contributed by atoms with Gasteiger partial charge in [0.1, 0.15) is 5.75 Å². The molecule has 112 valence electrons. The summed E-state index contributed by atoms with van der Waals surface area (Å²) in [7, 11) is 0. The Morgan fingerprint density at radius 1 is 1.00 bits per heavy atom. The van der Waals surface area contributed by atoms with E-state index in [-0.39, 0.29) is 0 Å². The van der Waals surface area contributed by atoms with Crippen molar-refractivity contribution in [3.05, 3.63) is 24.3 Å². The van der Waals surface area contributed by atoms with Crippen LogP contribution in [0.2, 0.25) is 0 Å². The molecule has 4 heteroatoms. The molecule has 1 aliphatic heterocycles. The van der Waals surface area contributed by atoms with E-state index in [1.807, 2.05) is 24.3 Å². The number of nitrogens with two attached hydrogens (primary N) is 1.